The van der Waals surface area contributed by atoms with Gasteiger partial charge in [-0.2, -0.15) is 0 Å². The molecule has 6 aliphatic carbocycles. The lowest BCUT2D eigenvalue weighted by atomic mass is 9.64. The zero-order chi connectivity index (χ0) is 46.6. The maximum absolute atomic E-state index is 14.5. The van der Waals surface area contributed by atoms with E-state index in [-0.39, 0.29) is 11.8 Å². The minimum Gasteiger partial charge on any atom is -0.308 e. The molecule has 1 unspecified atom stereocenters. The smallest absolute Gasteiger partial charge is 0.166 e. The van der Waals surface area contributed by atoms with Gasteiger partial charge in [-0.1, -0.05) is 73.9 Å². The predicted octanol–water partition coefficient (Wildman–Crippen LogP) is 16.8. The van der Waals surface area contributed by atoms with Crippen LogP contribution in [0.3, 0.4) is 0 Å². The fourth-order valence-corrected chi connectivity index (χ4v) is 14.5. The third-order valence-electron chi connectivity index (χ3n) is 18.7. The van der Waals surface area contributed by atoms with Gasteiger partial charge in [-0.15, -0.1) is 0 Å². The van der Waals surface area contributed by atoms with Gasteiger partial charge in [0.15, 0.2) is 11.6 Å². The van der Waals surface area contributed by atoms with Crippen LogP contribution >= 0.6 is 0 Å². The van der Waals surface area contributed by atoms with Crippen LogP contribution in [0.5, 0.6) is 0 Å². The van der Waals surface area contributed by atoms with Crippen LogP contribution in [-0.4, -0.2) is 28.2 Å². The Kier molecular flexibility index (Phi) is 8.50. The summed E-state index contributed by atoms with van der Waals surface area (Å²) in [5.74, 6) is 2.90. The average molecular weight is 889 g/mol. The average Bonchev–Trinajstić information content (AvgIpc) is 3.96. The zero-order valence-corrected chi connectivity index (χ0v) is 41.1. The van der Waals surface area contributed by atoms with Gasteiger partial charge < -0.3 is 8.80 Å². The van der Waals surface area contributed by atoms with E-state index in [1.165, 1.54) is 98.6 Å². The van der Waals surface area contributed by atoms with Crippen LogP contribution < -0.4 is 0 Å². The molecule has 68 heavy (non-hydrogen) atoms. The molecule has 0 aliphatic heterocycles. The Morgan fingerprint density at radius 3 is 1.28 bits per heavy atom. The first kappa shape index (κ1) is 41.3. The molecule has 6 aliphatic rings. The van der Waals surface area contributed by atoms with E-state index in [0.29, 0.717) is 41.2 Å². The van der Waals surface area contributed by atoms with Crippen molar-refractivity contribution in [3.63, 3.8) is 0 Å². The summed E-state index contributed by atoms with van der Waals surface area (Å²) in [7, 11) is 7.21. The topological polar surface area (TPSA) is 43.0 Å². The summed E-state index contributed by atoms with van der Waals surface area (Å²) < 4.78 is 5.02. The van der Waals surface area contributed by atoms with Gasteiger partial charge >= 0.3 is 0 Å². The van der Waals surface area contributed by atoms with Crippen molar-refractivity contribution >= 4 is 95.6 Å². The van der Waals surface area contributed by atoms with Crippen molar-refractivity contribution in [3.05, 3.63) is 117 Å². The number of hydrogen-bond donors (Lipinski definition) is 0. The molecule has 0 N–H and O–H groups in total. The number of fused-ring (bicyclic) bond motifs is 16. The second kappa shape index (κ2) is 14.0. The number of ketones is 2. The monoisotopic (exact) mass is 888 g/mol. The highest BCUT2D eigenvalue weighted by molar-refractivity contribution is 6.30. The number of carbonyl (C=O) groups excluding carboxylic acids is 2. The predicted molar refractivity (Wildman–Crippen MR) is 285 cm³/mol. The van der Waals surface area contributed by atoms with Crippen LogP contribution in [0.2, 0.25) is 0 Å². The van der Waals surface area contributed by atoms with Gasteiger partial charge in [0.1, 0.15) is 0 Å². The summed E-state index contributed by atoms with van der Waals surface area (Å²) in [4.78, 5) is 28.8. The van der Waals surface area contributed by atoms with Crippen LogP contribution in [-0.2, 0) is 5.31 Å². The number of nitrogens with zero attached hydrogens (tertiary/aromatic N) is 2. The molecule has 4 heterocycles. The fourth-order valence-electron chi connectivity index (χ4n) is 14.5. The molecular weight excluding hydrogens is 828 g/mol. The second-order valence-corrected chi connectivity index (χ2v) is 23.4. The molecule has 4 bridgehead atoms. The van der Waals surface area contributed by atoms with Crippen molar-refractivity contribution in [2.45, 2.75) is 148 Å². The lowest BCUT2D eigenvalue weighted by Crippen LogP contribution is -2.20. The highest BCUT2D eigenvalue weighted by Gasteiger charge is 2.38. The van der Waals surface area contributed by atoms with E-state index >= 15 is 0 Å². The quantitative estimate of drug-likeness (QED) is 0.156. The normalized spacial score (nSPS) is 21.8. The van der Waals surface area contributed by atoms with Gasteiger partial charge in [-0.3, -0.25) is 9.59 Å². The second-order valence-electron chi connectivity index (χ2n) is 23.4. The molecule has 0 amide bonds. The first-order chi connectivity index (χ1) is 32.7. The van der Waals surface area contributed by atoms with Gasteiger partial charge in [0.25, 0.3) is 0 Å². The molecule has 1 atom stereocenters. The first-order valence-electron chi connectivity index (χ1n) is 26.3. The van der Waals surface area contributed by atoms with Crippen molar-refractivity contribution in [1.82, 2.24) is 8.80 Å². The molecule has 2 radical (unpaired) electrons. The number of Topliss-reactive ketones (excluding diaryl/α,β-unsaturated/α-hetero) is 2. The van der Waals surface area contributed by atoms with Crippen LogP contribution in [0, 0.1) is 11.8 Å². The van der Waals surface area contributed by atoms with Gasteiger partial charge in [-0.05, 0) is 191 Å². The Morgan fingerprint density at radius 2 is 0.882 bits per heavy atom. The van der Waals surface area contributed by atoms with Crippen molar-refractivity contribution < 1.29 is 9.59 Å². The molecule has 2 saturated carbocycles. The van der Waals surface area contributed by atoms with E-state index < -0.39 is 5.31 Å². The van der Waals surface area contributed by atoms with Crippen molar-refractivity contribution in [2.24, 2.45) is 11.8 Å². The summed E-state index contributed by atoms with van der Waals surface area (Å²) in [6, 6.07) is 29.1. The molecule has 0 saturated heterocycles. The fraction of sp³-hybridized carbons (Fsp3) is 0.397. The SMILES string of the molecule is [B]C(C)(CC)c1cc2c3cc4c(cc3n3c5cc6c7cc(-c8c(C(C)C)cc(C(C)C)cc8C(C)C)cc8c9cc%10c(cc9n(c6cc5c(c1)c23)c87)C(=O)C1CCC%10CC1)C(=O)C1CCC4CC1. The van der Waals surface area contributed by atoms with E-state index in [4.69, 9.17) is 7.85 Å². The Hall–Kier alpha value is -5.68. The third-order valence-corrected chi connectivity index (χ3v) is 18.7. The van der Waals surface area contributed by atoms with Crippen LogP contribution in [0.1, 0.15) is 197 Å². The third kappa shape index (κ3) is 5.34. The highest BCUT2D eigenvalue weighted by Crippen LogP contribution is 2.52. The lowest BCUT2D eigenvalue weighted by molar-refractivity contribution is 0.0891. The number of hydrogen-bond acceptors (Lipinski definition) is 2. The lowest BCUT2D eigenvalue weighted by Gasteiger charge is -2.24. The maximum atomic E-state index is 14.5. The summed E-state index contributed by atoms with van der Waals surface area (Å²) >= 11 is 0. The molecule has 10 aromatic rings. The molecular formula is C63H61BN2O2. The van der Waals surface area contributed by atoms with Gasteiger partial charge in [-0.25, -0.2) is 0 Å². The Labute approximate surface area is 400 Å². The van der Waals surface area contributed by atoms with Crippen molar-refractivity contribution in [2.75, 3.05) is 0 Å². The highest BCUT2D eigenvalue weighted by atomic mass is 16.1. The minimum absolute atomic E-state index is 0.124. The molecule has 4 nitrogen and oxygen atoms in total. The molecule has 5 heteroatoms. The van der Waals surface area contributed by atoms with E-state index in [1.807, 2.05) is 0 Å². The Bertz CT molecular complexity index is 3830. The van der Waals surface area contributed by atoms with E-state index in [9.17, 15) is 9.59 Å². The Balaban J connectivity index is 1.16. The zero-order valence-electron chi connectivity index (χ0n) is 41.1. The van der Waals surface area contributed by atoms with Crippen LogP contribution in [0.15, 0.2) is 72.8 Å². The van der Waals surface area contributed by atoms with E-state index in [1.54, 1.807) is 0 Å². The van der Waals surface area contributed by atoms with E-state index in [2.05, 4.69) is 137 Å². The number of benzene rings is 6. The number of carbonyl (C=O) groups is 2. The molecule has 2 fully saturated rings. The molecule has 338 valence electrons. The summed E-state index contributed by atoms with van der Waals surface area (Å²) in [5.41, 5.74) is 19.5. The maximum Gasteiger partial charge on any atom is 0.166 e. The summed E-state index contributed by atoms with van der Waals surface area (Å²) in [5, 5.41) is 9.32. The number of aromatic nitrogens is 2. The van der Waals surface area contributed by atoms with Crippen molar-refractivity contribution in [1.29, 1.82) is 0 Å². The molecule has 6 aromatic carbocycles. The van der Waals surface area contributed by atoms with Gasteiger partial charge in [0.2, 0.25) is 0 Å². The van der Waals surface area contributed by atoms with E-state index in [0.717, 1.165) is 91.0 Å². The minimum atomic E-state index is -0.519. The standard InChI is InChI=1S/C63H61BN2O2/c1-9-63(8,64)39-22-50-45-25-43-34-12-16-36(17-13-34)62(68)53(43)29-57(45)66-55-26-46-49-21-38(58-40(31(4)5)18-37(30(2)3)19-41(58)32(6)7)20-48-44-24-42-33-10-14-35(15-11-33)61(67)52(42)28-56(44)65(59(48)49)54(46)27-47(55)51(23-39)60(50)66/h18-36H,9-17H2,1-8H3. The Morgan fingerprint density at radius 1 is 0.500 bits per heavy atom. The van der Waals surface area contributed by atoms with Gasteiger partial charge in [0, 0.05) is 66.1 Å². The van der Waals surface area contributed by atoms with Crippen molar-refractivity contribution in [3.8, 4) is 11.1 Å². The van der Waals surface area contributed by atoms with Gasteiger partial charge in [0.05, 0.1) is 40.9 Å². The molecule has 16 rings (SSSR count). The molecule has 4 aromatic heterocycles. The number of rotatable bonds is 6. The molecule has 0 spiro atoms. The summed E-state index contributed by atoms with van der Waals surface area (Å²) in [6.07, 6.45) is 9.17. The van der Waals surface area contributed by atoms with Crippen LogP contribution in [0.25, 0.3) is 87.3 Å². The van der Waals surface area contributed by atoms with Crippen LogP contribution in [0.4, 0.5) is 0 Å². The summed E-state index contributed by atoms with van der Waals surface area (Å²) in [6.45, 7) is 18.4. The first-order valence-corrected chi connectivity index (χ1v) is 26.3. The largest absolute Gasteiger partial charge is 0.308 e.